The average Bonchev–Trinajstić information content (AvgIpc) is 2.40. The van der Waals surface area contributed by atoms with Gasteiger partial charge in [-0.25, -0.2) is 0 Å². The normalized spacial score (nSPS) is 9.78. The van der Waals surface area contributed by atoms with Crippen molar-refractivity contribution in [2.75, 3.05) is 33.7 Å². The largest absolute Gasteiger partial charge is 0.382 e. The van der Waals surface area contributed by atoms with E-state index in [4.69, 9.17) is 14.2 Å². The minimum Gasteiger partial charge on any atom is -0.382 e. The lowest BCUT2D eigenvalue weighted by atomic mass is 10.2. The first-order valence-electron chi connectivity index (χ1n) is 6.22. The molecule has 0 amide bonds. The zero-order valence-electron chi connectivity index (χ0n) is 11.4. The summed E-state index contributed by atoms with van der Waals surface area (Å²) >= 11 is 3.43. The van der Waals surface area contributed by atoms with Crippen LogP contribution in [-0.4, -0.2) is 33.7 Å². The molecule has 104 valence electrons. The van der Waals surface area contributed by atoms with Crippen molar-refractivity contribution in [3.63, 3.8) is 0 Å². The van der Waals surface area contributed by atoms with Gasteiger partial charge in [-0.1, -0.05) is 41.9 Å². The quantitative estimate of drug-likeness (QED) is 0.541. The van der Waals surface area contributed by atoms with E-state index < -0.39 is 0 Å². The van der Waals surface area contributed by atoms with Gasteiger partial charge in [0.15, 0.2) is 0 Å². The van der Waals surface area contributed by atoms with Crippen LogP contribution < -0.4 is 0 Å². The summed E-state index contributed by atoms with van der Waals surface area (Å²) in [6, 6.07) is 8.21. The van der Waals surface area contributed by atoms with Crippen LogP contribution in [0.15, 0.2) is 28.7 Å². The van der Waals surface area contributed by atoms with Gasteiger partial charge in [0.25, 0.3) is 0 Å². The van der Waals surface area contributed by atoms with E-state index in [9.17, 15) is 0 Å². The van der Waals surface area contributed by atoms with Crippen LogP contribution in [0.2, 0.25) is 0 Å². The maximum atomic E-state index is 5.33. The maximum Gasteiger partial charge on any atom is 0.146 e. The summed E-state index contributed by atoms with van der Waals surface area (Å²) in [6.07, 6.45) is 0.896. The van der Waals surface area contributed by atoms with Crippen molar-refractivity contribution in [2.24, 2.45) is 0 Å². The van der Waals surface area contributed by atoms with Gasteiger partial charge in [0, 0.05) is 11.6 Å². The van der Waals surface area contributed by atoms with Crippen LogP contribution >= 0.6 is 15.9 Å². The molecule has 0 bridgehead atoms. The third-order valence-electron chi connectivity index (χ3n) is 2.02. The van der Waals surface area contributed by atoms with E-state index in [1.165, 1.54) is 5.56 Å². The van der Waals surface area contributed by atoms with Gasteiger partial charge in [0.2, 0.25) is 0 Å². The zero-order chi connectivity index (χ0) is 13.6. The number of methoxy groups -OCH3 is 1. The van der Waals surface area contributed by atoms with Crippen LogP contribution in [-0.2, 0) is 20.6 Å². The molecule has 1 aromatic rings. The number of benzene rings is 1. The standard InChI is InChI=1S/C12H17BrO3.C2H6/c1-14-7-8-16-10-15-6-5-11-3-2-4-12(13)9-11;1-2/h2-4,9H,5-8,10H2,1H3;1-2H3. The van der Waals surface area contributed by atoms with Crippen LogP contribution in [0.4, 0.5) is 0 Å². The number of hydrogen-bond acceptors (Lipinski definition) is 3. The highest BCUT2D eigenvalue weighted by molar-refractivity contribution is 9.10. The van der Waals surface area contributed by atoms with Crippen LogP contribution in [0.25, 0.3) is 0 Å². The highest BCUT2D eigenvalue weighted by Crippen LogP contribution is 2.11. The van der Waals surface area contributed by atoms with Gasteiger partial charge in [-0.15, -0.1) is 0 Å². The van der Waals surface area contributed by atoms with Crippen molar-refractivity contribution in [3.8, 4) is 0 Å². The smallest absolute Gasteiger partial charge is 0.146 e. The minimum absolute atomic E-state index is 0.331. The summed E-state index contributed by atoms with van der Waals surface area (Å²) < 4.78 is 16.5. The molecule has 0 unspecified atom stereocenters. The van der Waals surface area contributed by atoms with Gasteiger partial charge in [-0.05, 0) is 24.1 Å². The van der Waals surface area contributed by atoms with Crippen molar-refractivity contribution in [2.45, 2.75) is 20.3 Å². The lowest BCUT2D eigenvalue weighted by Gasteiger charge is -2.05. The molecule has 1 aromatic carbocycles. The summed E-state index contributed by atoms with van der Waals surface area (Å²) in [5, 5.41) is 0. The van der Waals surface area contributed by atoms with Crippen LogP contribution in [0.5, 0.6) is 0 Å². The summed E-state index contributed by atoms with van der Waals surface area (Å²) in [5.74, 6) is 0. The van der Waals surface area contributed by atoms with E-state index in [1.807, 2.05) is 26.0 Å². The molecule has 18 heavy (non-hydrogen) atoms. The fourth-order valence-electron chi connectivity index (χ4n) is 1.20. The second kappa shape index (κ2) is 13.0. The molecule has 0 aromatic heterocycles. The number of halogens is 1. The average molecular weight is 319 g/mol. The highest BCUT2D eigenvalue weighted by atomic mass is 79.9. The third kappa shape index (κ3) is 9.59. The Morgan fingerprint density at radius 1 is 1.06 bits per heavy atom. The number of ether oxygens (including phenoxy) is 3. The zero-order valence-corrected chi connectivity index (χ0v) is 13.0. The molecule has 0 saturated heterocycles. The molecule has 0 N–H and O–H groups in total. The SMILES string of the molecule is CC.COCCOCOCCc1cccc(Br)c1. The molecule has 0 fully saturated rings. The molecular weight excluding hydrogens is 296 g/mol. The van der Waals surface area contributed by atoms with Crippen molar-refractivity contribution in [3.05, 3.63) is 34.3 Å². The Bertz CT molecular complexity index is 292. The molecule has 0 heterocycles. The van der Waals surface area contributed by atoms with Gasteiger partial charge in [-0.2, -0.15) is 0 Å². The molecule has 0 aliphatic heterocycles. The summed E-state index contributed by atoms with van der Waals surface area (Å²) in [6.45, 7) is 6.18. The molecule has 0 spiro atoms. The predicted octanol–water partition coefficient (Wildman–Crippen LogP) is 3.65. The molecule has 1 rings (SSSR count). The van der Waals surface area contributed by atoms with Gasteiger partial charge >= 0.3 is 0 Å². The topological polar surface area (TPSA) is 27.7 Å². The second-order valence-corrected chi connectivity index (χ2v) is 4.22. The molecule has 0 aliphatic rings. The highest BCUT2D eigenvalue weighted by Gasteiger charge is 1.94. The van der Waals surface area contributed by atoms with Gasteiger partial charge in [-0.3, -0.25) is 0 Å². The first kappa shape index (κ1) is 17.6. The first-order chi connectivity index (χ1) is 8.83. The molecule has 0 radical (unpaired) electrons. The van der Waals surface area contributed by atoms with E-state index in [0.29, 0.717) is 26.6 Å². The van der Waals surface area contributed by atoms with E-state index in [2.05, 4.69) is 28.1 Å². The summed E-state index contributed by atoms with van der Waals surface area (Å²) in [5.41, 5.74) is 1.26. The molecule has 4 heteroatoms. The van der Waals surface area contributed by atoms with E-state index in [1.54, 1.807) is 7.11 Å². The van der Waals surface area contributed by atoms with Crippen molar-refractivity contribution in [1.82, 2.24) is 0 Å². The lowest BCUT2D eigenvalue weighted by molar-refractivity contribution is -0.0647. The first-order valence-corrected chi connectivity index (χ1v) is 7.01. The Hall–Kier alpha value is -0.420. The number of hydrogen-bond donors (Lipinski definition) is 0. The number of rotatable bonds is 8. The summed E-state index contributed by atoms with van der Waals surface area (Å²) in [7, 11) is 1.65. The van der Waals surface area contributed by atoms with Crippen molar-refractivity contribution < 1.29 is 14.2 Å². The molecule has 0 aliphatic carbocycles. The van der Waals surface area contributed by atoms with Crippen molar-refractivity contribution >= 4 is 15.9 Å². The maximum absolute atomic E-state index is 5.33. The Morgan fingerprint density at radius 2 is 1.78 bits per heavy atom. The second-order valence-electron chi connectivity index (χ2n) is 3.31. The van der Waals surface area contributed by atoms with Crippen LogP contribution in [0.1, 0.15) is 19.4 Å². The van der Waals surface area contributed by atoms with E-state index in [-0.39, 0.29) is 0 Å². The van der Waals surface area contributed by atoms with Gasteiger partial charge in [0.05, 0.1) is 19.8 Å². The van der Waals surface area contributed by atoms with Crippen LogP contribution in [0, 0.1) is 0 Å². The van der Waals surface area contributed by atoms with Gasteiger partial charge < -0.3 is 14.2 Å². The fraction of sp³-hybridized carbons (Fsp3) is 0.571. The van der Waals surface area contributed by atoms with E-state index in [0.717, 1.165) is 10.9 Å². The molecular formula is C14H23BrO3. The Labute approximate surface area is 119 Å². The Morgan fingerprint density at radius 3 is 2.44 bits per heavy atom. The summed E-state index contributed by atoms with van der Waals surface area (Å²) in [4.78, 5) is 0. The monoisotopic (exact) mass is 318 g/mol. The lowest BCUT2D eigenvalue weighted by Crippen LogP contribution is -2.07. The predicted molar refractivity (Wildman–Crippen MR) is 77.8 cm³/mol. The van der Waals surface area contributed by atoms with Gasteiger partial charge in [0.1, 0.15) is 6.79 Å². The molecule has 0 atom stereocenters. The van der Waals surface area contributed by atoms with E-state index >= 15 is 0 Å². The molecule has 3 nitrogen and oxygen atoms in total. The fourth-order valence-corrected chi connectivity index (χ4v) is 1.65. The molecule has 0 saturated carbocycles. The van der Waals surface area contributed by atoms with Crippen molar-refractivity contribution in [1.29, 1.82) is 0 Å². The van der Waals surface area contributed by atoms with Crippen LogP contribution in [0.3, 0.4) is 0 Å². The Balaban J connectivity index is 0.00000137. The Kier molecular flexibility index (Phi) is 12.7. The third-order valence-corrected chi connectivity index (χ3v) is 2.52. The minimum atomic E-state index is 0.331.